The summed E-state index contributed by atoms with van der Waals surface area (Å²) in [6.45, 7) is 0. The van der Waals surface area contributed by atoms with Gasteiger partial charge in [-0.1, -0.05) is 12.1 Å². The van der Waals surface area contributed by atoms with Crippen LogP contribution in [0.25, 0.3) is 5.82 Å². The Kier molecular flexibility index (Phi) is 5.72. The van der Waals surface area contributed by atoms with Crippen LogP contribution < -0.4 is 11.1 Å². The van der Waals surface area contributed by atoms with Crippen molar-refractivity contribution in [2.45, 2.75) is 18.9 Å². The fourth-order valence-corrected chi connectivity index (χ4v) is 3.28. The fourth-order valence-electron chi connectivity index (χ4n) is 2.56. The minimum atomic E-state index is -1.08. The third-order valence-electron chi connectivity index (χ3n) is 3.89. The van der Waals surface area contributed by atoms with Crippen molar-refractivity contribution in [1.29, 1.82) is 0 Å². The number of aromatic nitrogens is 3. The second kappa shape index (κ2) is 8.37. The van der Waals surface area contributed by atoms with Gasteiger partial charge in [-0.15, -0.1) is 11.3 Å². The average molecular weight is 383 g/mol. The number of primary amides is 1. The Morgan fingerprint density at radius 1 is 1.22 bits per heavy atom. The van der Waals surface area contributed by atoms with E-state index >= 15 is 0 Å². The number of nitrogens with zero attached hydrogens (tertiary/aromatic N) is 3. The topological polar surface area (TPSA) is 120 Å². The van der Waals surface area contributed by atoms with E-state index in [0.29, 0.717) is 12.2 Å². The summed E-state index contributed by atoms with van der Waals surface area (Å²) in [5.74, 6) is -1.94. The molecule has 3 aromatic rings. The molecule has 27 heavy (non-hydrogen) atoms. The summed E-state index contributed by atoms with van der Waals surface area (Å²) in [6.07, 6.45) is 5.23. The van der Waals surface area contributed by atoms with Gasteiger partial charge in [0.1, 0.15) is 17.8 Å². The van der Waals surface area contributed by atoms with Crippen molar-refractivity contribution in [3.05, 3.63) is 65.0 Å². The molecule has 3 N–H and O–H groups in total. The number of imidazole rings is 1. The summed E-state index contributed by atoms with van der Waals surface area (Å²) in [6, 6.07) is 8.07. The minimum absolute atomic E-state index is 0.201. The van der Waals surface area contributed by atoms with Crippen molar-refractivity contribution >= 4 is 28.9 Å². The maximum absolute atomic E-state index is 12.7. The molecule has 0 spiro atoms. The number of nitrogens with two attached hydrogens (primary N) is 1. The van der Waals surface area contributed by atoms with Gasteiger partial charge in [-0.25, -0.2) is 9.97 Å². The highest BCUT2D eigenvalue weighted by Crippen LogP contribution is 2.14. The molecule has 0 aliphatic carbocycles. The second-order valence-electron chi connectivity index (χ2n) is 5.71. The number of hydrogen-bond donors (Lipinski definition) is 2. The van der Waals surface area contributed by atoms with E-state index in [0.717, 1.165) is 4.88 Å². The first-order chi connectivity index (χ1) is 13.1. The van der Waals surface area contributed by atoms with Crippen molar-refractivity contribution in [3.8, 4) is 5.82 Å². The number of nitrogens with one attached hydrogen (secondary N) is 1. The van der Waals surface area contributed by atoms with Crippen molar-refractivity contribution in [2.24, 2.45) is 5.73 Å². The minimum Gasteiger partial charge on any atom is -0.363 e. The molecule has 0 bridgehead atoms. The zero-order chi connectivity index (χ0) is 19.2. The maximum Gasteiger partial charge on any atom is 0.287 e. The summed E-state index contributed by atoms with van der Waals surface area (Å²) in [5.41, 5.74) is 5.34. The van der Waals surface area contributed by atoms with E-state index in [1.807, 2.05) is 17.5 Å². The number of ketones is 1. The van der Waals surface area contributed by atoms with Gasteiger partial charge in [-0.3, -0.25) is 19.0 Å². The standard InChI is InChI=1S/C18H17N5O3S/c19-17(25)16(24)13(7-6-12-4-3-9-27-12)22-18(26)14-10-20-11-23(14)15-5-1-2-8-21-15/h1-5,8-11,13H,6-7H2,(H2,19,25)(H,22,26). The van der Waals surface area contributed by atoms with E-state index in [2.05, 4.69) is 15.3 Å². The predicted octanol–water partition coefficient (Wildman–Crippen LogP) is 1.11. The number of Topliss-reactive ketones (excluding diaryl/α,β-unsaturated/α-hetero) is 1. The van der Waals surface area contributed by atoms with E-state index in [1.165, 1.54) is 28.4 Å². The van der Waals surface area contributed by atoms with Crippen molar-refractivity contribution in [2.75, 3.05) is 0 Å². The molecular formula is C18H17N5O3S. The van der Waals surface area contributed by atoms with Crippen LogP contribution in [-0.2, 0) is 16.0 Å². The maximum atomic E-state index is 12.7. The number of rotatable bonds is 8. The van der Waals surface area contributed by atoms with Gasteiger partial charge in [0.15, 0.2) is 0 Å². The smallest absolute Gasteiger partial charge is 0.287 e. The van der Waals surface area contributed by atoms with Crippen LogP contribution >= 0.6 is 11.3 Å². The Balaban J connectivity index is 1.77. The van der Waals surface area contributed by atoms with E-state index in [1.54, 1.807) is 24.4 Å². The molecule has 0 radical (unpaired) electrons. The molecule has 9 heteroatoms. The summed E-state index contributed by atoms with van der Waals surface area (Å²) in [4.78, 5) is 45.4. The van der Waals surface area contributed by atoms with Gasteiger partial charge in [-0.2, -0.15) is 0 Å². The number of amides is 2. The van der Waals surface area contributed by atoms with Gasteiger partial charge in [0, 0.05) is 11.1 Å². The molecule has 0 aromatic carbocycles. The molecule has 8 nitrogen and oxygen atoms in total. The normalized spacial score (nSPS) is 11.7. The highest BCUT2D eigenvalue weighted by atomic mass is 32.1. The zero-order valence-corrected chi connectivity index (χ0v) is 15.1. The van der Waals surface area contributed by atoms with Gasteiger partial charge in [0.25, 0.3) is 11.8 Å². The van der Waals surface area contributed by atoms with Crippen LogP contribution in [0.1, 0.15) is 21.8 Å². The Hall–Kier alpha value is -3.33. The van der Waals surface area contributed by atoms with Gasteiger partial charge < -0.3 is 11.1 Å². The molecular weight excluding hydrogens is 366 g/mol. The van der Waals surface area contributed by atoms with Crippen LogP contribution in [0.4, 0.5) is 0 Å². The SMILES string of the molecule is NC(=O)C(=O)C(CCc1cccs1)NC(=O)c1cncn1-c1ccccn1. The molecule has 0 fully saturated rings. The Morgan fingerprint density at radius 3 is 2.74 bits per heavy atom. The monoisotopic (exact) mass is 383 g/mol. The first-order valence-electron chi connectivity index (χ1n) is 8.17. The lowest BCUT2D eigenvalue weighted by Gasteiger charge is -2.16. The molecule has 1 unspecified atom stereocenters. The molecule has 0 aliphatic heterocycles. The van der Waals surface area contributed by atoms with Crippen LogP contribution in [0.3, 0.4) is 0 Å². The first-order valence-corrected chi connectivity index (χ1v) is 9.05. The lowest BCUT2D eigenvalue weighted by Crippen LogP contribution is -2.46. The van der Waals surface area contributed by atoms with Crippen LogP contribution in [0, 0.1) is 0 Å². The average Bonchev–Trinajstić information content (AvgIpc) is 3.36. The van der Waals surface area contributed by atoms with Crippen LogP contribution in [0.15, 0.2) is 54.4 Å². The van der Waals surface area contributed by atoms with E-state index in [9.17, 15) is 14.4 Å². The van der Waals surface area contributed by atoms with Gasteiger partial charge in [0.2, 0.25) is 5.78 Å². The van der Waals surface area contributed by atoms with Crippen molar-refractivity contribution in [1.82, 2.24) is 19.9 Å². The predicted molar refractivity (Wildman–Crippen MR) is 99.5 cm³/mol. The van der Waals surface area contributed by atoms with Crippen molar-refractivity contribution < 1.29 is 14.4 Å². The number of pyridine rings is 1. The highest BCUT2D eigenvalue weighted by Gasteiger charge is 2.26. The van der Waals surface area contributed by atoms with Gasteiger partial charge in [0.05, 0.1) is 12.2 Å². The molecule has 2 amide bonds. The van der Waals surface area contributed by atoms with E-state index in [4.69, 9.17) is 5.73 Å². The fraction of sp³-hybridized carbons (Fsp3) is 0.167. The number of thiophene rings is 1. The number of carbonyl (C=O) groups is 3. The molecule has 3 heterocycles. The lowest BCUT2D eigenvalue weighted by atomic mass is 10.1. The highest BCUT2D eigenvalue weighted by molar-refractivity contribution is 7.09. The van der Waals surface area contributed by atoms with Crippen molar-refractivity contribution in [3.63, 3.8) is 0 Å². The third kappa shape index (κ3) is 4.45. The van der Waals surface area contributed by atoms with E-state index in [-0.39, 0.29) is 12.1 Å². The van der Waals surface area contributed by atoms with Crippen LogP contribution in [0.2, 0.25) is 0 Å². The quantitative estimate of drug-likeness (QED) is 0.565. The van der Waals surface area contributed by atoms with E-state index < -0.39 is 23.6 Å². The summed E-state index contributed by atoms with van der Waals surface area (Å²) in [5, 5.41) is 4.52. The summed E-state index contributed by atoms with van der Waals surface area (Å²) >= 11 is 1.54. The zero-order valence-electron chi connectivity index (χ0n) is 14.2. The third-order valence-corrected chi connectivity index (χ3v) is 4.83. The molecule has 3 aromatic heterocycles. The van der Waals surface area contributed by atoms with Crippen LogP contribution in [0.5, 0.6) is 0 Å². The number of aryl methyl sites for hydroxylation is 1. The number of carbonyl (C=O) groups excluding carboxylic acids is 3. The van der Waals surface area contributed by atoms with Crippen LogP contribution in [-0.4, -0.2) is 38.2 Å². The number of hydrogen-bond acceptors (Lipinski definition) is 6. The Labute approximate surface area is 159 Å². The Bertz CT molecular complexity index is 937. The lowest BCUT2D eigenvalue weighted by molar-refractivity contribution is -0.137. The first kappa shape index (κ1) is 18.5. The van der Waals surface area contributed by atoms with Gasteiger partial charge >= 0.3 is 0 Å². The second-order valence-corrected chi connectivity index (χ2v) is 6.74. The Morgan fingerprint density at radius 2 is 2.07 bits per heavy atom. The molecule has 0 aliphatic rings. The summed E-state index contributed by atoms with van der Waals surface area (Å²) < 4.78 is 1.50. The molecule has 0 saturated heterocycles. The molecule has 138 valence electrons. The summed E-state index contributed by atoms with van der Waals surface area (Å²) in [7, 11) is 0. The largest absolute Gasteiger partial charge is 0.363 e. The van der Waals surface area contributed by atoms with Gasteiger partial charge in [-0.05, 0) is 36.4 Å². The molecule has 0 saturated carbocycles. The molecule has 3 rings (SSSR count). The molecule has 1 atom stereocenters.